The maximum atomic E-state index is 5.87. The molecule has 1 aliphatic heterocycles. The lowest BCUT2D eigenvalue weighted by Gasteiger charge is -2.28. The zero-order chi connectivity index (χ0) is 8.10. The van der Waals surface area contributed by atoms with Crippen molar-refractivity contribution in [2.24, 2.45) is 0 Å². The number of hydrogen-bond donors (Lipinski definition) is 0. The van der Waals surface area contributed by atoms with E-state index in [1.54, 1.807) is 0 Å². The van der Waals surface area contributed by atoms with E-state index >= 15 is 0 Å². The van der Waals surface area contributed by atoms with E-state index in [9.17, 15) is 0 Å². The van der Waals surface area contributed by atoms with Gasteiger partial charge in [-0.1, -0.05) is 35.9 Å². The highest BCUT2D eigenvalue weighted by atomic mass is 127. The summed E-state index contributed by atoms with van der Waals surface area (Å²) in [5.74, 6) is 0. The van der Waals surface area contributed by atoms with Crippen LogP contribution in [0.5, 0.6) is 0 Å². The molecule has 1 aliphatic rings. The molecular weight excluding hydrogens is 251 g/mol. The second-order valence-electron chi connectivity index (χ2n) is 3.25. The van der Waals surface area contributed by atoms with Crippen LogP contribution in [0.1, 0.15) is 39.0 Å². The van der Waals surface area contributed by atoms with Crippen molar-refractivity contribution >= 4 is 22.6 Å². The smallest absolute Gasteiger partial charge is 0.0668 e. The normalized spacial score (nSPS) is 32.2. The standard InChI is InChI=1S/C9H17IO/c1-2-4-8-5-3-6-9(7-10)11-8/h8-9H,2-7H2,1H3. The van der Waals surface area contributed by atoms with Crippen LogP contribution in [0.3, 0.4) is 0 Å². The Labute approximate surface area is 83.0 Å². The Morgan fingerprint density at radius 1 is 1.36 bits per heavy atom. The minimum Gasteiger partial charge on any atom is -0.374 e. The van der Waals surface area contributed by atoms with Gasteiger partial charge in [0.2, 0.25) is 0 Å². The van der Waals surface area contributed by atoms with Gasteiger partial charge in [-0.25, -0.2) is 0 Å². The minimum atomic E-state index is 0.556. The summed E-state index contributed by atoms with van der Waals surface area (Å²) in [7, 11) is 0. The van der Waals surface area contributed by atoms with Gasteiger partial charge in [0.1, 0.15) is 0 Å². The van der Waals surface area contributed by atoms with Crippen LogP contribution in [0.2, 0.25) is 0 Å². The molecule has 1 fully saturated rings. The first-order valence-corrected chi connectivity index (χ1v) is 6.10. The van der Waals surface area contributed by atoms with Crippen LogP contribution >= 0.6 is 22.6 Å². The molecular formula is C9H17IO. The summed E-state index contributed by atoms with van der Waals surface area (Å²) < 4.78 is 7.03. The Bertz CT molecular complexity index is 104. The van der Waals surface area contributed by atoms with Crippen LogP contribution in [0.15, 0.2) is 0 Å². The summed E-state index contributed by atoms with van der Waals surface area (Å²) in [6.45, 7) is 2.23. The quantitative estimate of drug-likeness (QED) is 0.564. The number of halogens is 1. The molecule has 1 rings (SSSR count). The number of hydrogen-bond acceptors (Lipinski definition) is 1. The molecule has 0 aromatic carbocycles. The summed E-state index contributed by atoms with van der Waals surface area (Å²) in [6.07, 6.45) is 7.60. The maximum Gasteiger partial charge on any atom is 0.0668 e. The van der Waals surface area contributed by atoms with Crippen molar-refractivity contribution in [1.82, 2.24) is 0 Å². The summed E-state index contributed by atoms with van der Waals surface area (Å²) in [5, 5.41) is 0. The molecule has 0 aromatic heterocycles. The average molecular weight is 268 g/mol. The van der Waals surface area contributed by atoms with Gasteiger partial charge in [0.25, 0.3) is 0 Å². The van der Waals surface area contributed by atoms with Crippen LogP contribution < -0.4 is 0 Å². The van der Waals surface area contributed by atoms with Crippen molar-refractivity contribution in [3.8, 4) is 0 Å². The number of rotatable bonds is 3. The van der Waals surface area contributed by atoms with Crippen LogP contribution in [-0.2, 0) is 4.74 Å². The molecule has 1 saturated heterocycles. The molecule has 0 amide bonds. The van der Waals surface area contributed by atoms with Crippen molar-refractivity contribution in [3.05, 3.63) is 0 Å². The van der Waals surface area contributed by atoms with Crippen molar-refractivity contribution in [3.63, 3.8) is 0 Å². The fourth-order valence-electron chi connectivity index (χ4n) is 1.63. The summed E-state index contributed by atoms with van der Waals surface area (Å²) in [6, 6.07) is 0. The average Bonchev–Trinajstić information content (AvgIpc) is 2.06. The number of alkyl halides is 1. The summed E-state index contributed by atoms with van der Waals surface area (Å²) in [5.41, 5.74) is 0. The lowest BCUT2D eigenvalue weighted by Crippen LogP contribution is -2.28. The monoisotopic (exact) mass is 268 g/mol. The Kier molecular flexibility index (Phi) is 4.76. The van der Waals surface area contributed by atoms with Gasteiger partial charge in [0, 0.05) is 4.43 Å². The predicted molar refractivity (Wildman–Crippen MR) is 56.3 cm³/mol. The van der Waals surface area contributed by atoms with Crippen LogP contribution in [0, 0.1) is 0 Å². The molecule has 0 saturated carbocycles. The van der Waals surface area contributed by atoms with Gasteiger partial charge in [0.15, 0.2) is 0 Å². The Morgan fingerprint density at radius 2 is 2.09 bits per heavy atom. The van der Waals surface area contributed by atoms with Gasteiger partial charge in [-0.05, 0) is 25.7 Å². The number of ether oxygens (including phenoxy) is 1. The molecule has 2 unspecified atom stereocenters. The predicted octanol–water partition coefficient (Wildman–Crippen LogP) is 3.16. The minimum absolute atomic E-state index is 0.556. The van der Waals surface area contributed by atoms with E-state index in [1.165, 1.54) is 32.1 Å². The molecule has 2 heteroatoms. The first-order valence-electron chi connectivity index (χ1n) is 4.58. The molecule has 1 nitrogen and oxygen atoms in total. The molecule has 0 bridgehead atoms. The summed E-state index contributed by atoms with van der Waals surface area (Å²) >= 11 is 2.42. The van der Waals surface area contributed by atoms with Gasteiger partial charge < -0.3 is 4.74 Å². The third-order valence-electron chi connectivity index (χ3n) is 2.22. The van der Waals surface area contributed by atoms with Gasteiger partial charge in [-0.2, -0.15) is 0 Å². The van der Waals surface area contributed by atoms with Gasteiger partial charge in [-0.15, -0.1) is 0 Å². The molecule has 11 heavy (non-hydrogen) atoms. The highest BCUT2D eigenvalue weighted by Crippen LogP contribution is 2.22. The van der Waals surface area contributed by atoms with E-state index in [-0.39, 0.29) is 0 Å². The van der Waals surface area contributed by atoms with E-state index in [2.05, 4.69) is 29.5 Å². The van der Waals surface area contributed by atoms with E-state index in [0.29, 0.717) is 12.2 Å². The molecule has 66 valence electrons. The van der Waals surface area contributed by atoms with Crippen LogP contribution in [0.25, 0.3) is 0 Å². The largest absolute Gasteiger partial charge is 0.374 e. The van der Waals surface area contributed by atoms with Crippen molar-refractivity contribution < 1.29 is 4.74 Å². The first-order chi connectivity index (χ1) is 5.36. The van der Waals surface area contributed by atoms with Crippen molar-refractivity contribution in [2.75, 3.05) is 4.43 Å². The lowest BCUT2D eigenvalue weighted by molar-refractivity contribution is -0.0395. The molecule has 0 aromatic rings. The second-order valence-corrected chi connectivity index (χ2v) is 4.13. The highest BCUT2D eigenvalue weighted by Gasteiger charge is 2.20. The first kappa shape index (κ1) is 9.78. The highest BCUT2D eigenvalue weighted by molar-refractivity contribution is 14.1. The summed E-state index contributed by atoms with van der Waals surface area (Å²) in [4.78, 5) is 0. The van der Waals surface area contributed by atoms with E-state index in [1.807, 2.05) is 0 Å². The van der Waals surface area contributed by atoms with Gasteiger partial charge >= 0.3 is 0 Å². The van der Waals surface area contributed by atoms with Crippen molar-refractivity contribution in [1.29, 1.82) is 0 Å². The lowest BCUT2D eigenvalue weighted by atomic mass is 10.0. The van der Waals surface area contributed by atoms with Gasteiger partial charge in [-0.3, -0.25) is 0 Å². The van der Waals surface area contributed by atoms with E-state index in [0.717, 1.165) is 4.43 Å². The third kappa shape index (κ3) is 3.28. The molecule has 1 heterocycles. The topological polar surface area (TPSA) is 9.23 Å². The van der Waals surface area contributed by atoms with Crippen LogP contribution in [0.4, 0.5) is 0 Å². The fraction of sp³-hybridized carbons (Fsp3) is 1.00. The zero-order valence-corrected chi connectivity index (χ0v) is 9.34. The Balaban J connectivity index is 2.21. The van der Waals surface area contributed by atoms with E-state index in [4.69, 9.17) is 4.74 Å². The Morgan fingerprint density at radius 3 is 2.73 bits per heavy atom. The molecule has 0 radical (unpaired) electrons. The molecule has 0 spiro atoms. The molecule has 0 aliphatic carbocycles. The SMILES string of the molecule is CCCC1CCCC(CI)O1. The van der Waals surface area contributed by atoms with E-state index < -0.39 is 0 Å². The Hall–Kier alpha value is 0.690. The van der Waals surface area contributed by atoms with Crippen LogP contribution in [-0.4, -0.2) is 16.6 Å². The molecule has 0 N–H and O–H groups in total. The van der Waals surface area contributed by atoms with Crippen molar-refractivity contribution in [2.45, 2.75) is 51.2 Å². The molecule has 2 atom stereocenters. The van der Waals surface area contributed by atoms with Gasteiger partial charge in [0.05, 0.1) is 12.2 Å². The maximum absolute atomic E-state index is 5.87. The third-order valence-corrected chi connectivity index (χ3v) is 3.20. The fourth-order valence-corrected chi connectivity index (χ4v) is 2.28. The zero-order valence-electron chi connectivity index (χ0n) is 7.18. The second kappa shape index (κ2) is 5.36.